The fraction of sp³-hybridized carbons (Fsp3) is 0.390. The van der Waals surface area contributed by atoms with Crippen LogP contribution in [0.1, 0.15) is 53.1 Å². The quantitative estimate of drug-likeness (QED) is 0.156. The molecule has 3 fully saturated rings. The number of rotatable bonds is 11. The van der Waals surface area contributed by atoms with Crippen molar-refractivity contribution in [3.05, 3.63) is 104 Å². The SMILES string of the molecule is Cn1nc(NS(C)(=O)=O)c2c(Cl)ccc(-n3c([C@H](Cc4cc(F)cc(F)c4)NC(=O)Cn4nc(C(F)F)c5c4C(F)(F)[C@@H]4C[C@H]54)nc4cc(N5C6COCC5COC6)ccc4c3=O)c21. The number of ether oxygens (including phenoxy) is 2. The summed E-state index contributed by atoms with van der Waals surface area (Å²) in [5.74, 6) is -8.97. The lowest BCUT2D eigenvalue weighted by molar-refractivity contribution is -0.123. The summed E-state index contributed by atoms with van der Waals surface area (Å²) < 4.78 is 131. The van der Waals surface area contributed by atoms with Crippen LogP contribution < -0.4 is 20.5 Å². The predicted octanol–water partition coefficient (Wildman–Crippen LogP) is 5.62. The van der Waals surface area contributed by atoms with Crippen molar-refractivity contribution in [2.45, 2.75) is 55.8 Å². The van der Waals surface area contributed by atoms with Gasteiger partial charge in [-0.25, -0.2) is 31.0 Å². The number of carbonyl (C=O) groups excluding carboxylic acids is 1. The van der Waals surface area contributed by atoms with E-state index in [1.165, 1.54) is 23.9 Å². The zero-order valence-corrected chi connectivity index (χ0v) is 35.2. The van der Waals surface area contributed by atoms with E-state index in [9.17, 15) is 30.8 Å². The first-order chi connectivity index (χ1) is 30.4. The Labute approximate surface area is 363 Å². The molecule has 2 saturated heterocycles. The second-order valence-electron chi connectivity index (χ2n) is 16.5. The van der Waals surface area contributed by atoms with Crippen LogP contribution in [0.15, 0.2) is 53.3 Å². The number of halogens is 7. The molecular formula is C41H36ClF6N9O6S. The van der Waals surface area contributed by atoms with E-state index in [0.29, 0.717) is 42.9 Å². The highest BCUT2D eigenvalue weighted by atomic mass is 35.5. The molecule has 3 aromatic heterocycles. The Morgan fingerprint density at radius 3 is 2.34 bits per heavy atom. The Morgan fingerprint density at radius 2 is 1.69 bits per heavy atom. The molecule has 336 valence electrons. The van der Waals surface area contributed by atoms with Crippen LogP contribution in [-0.2, 0) is 50.2 Å². The summed E-state index contributed by atoms with van der Waals surface area (Å²) in [4.78, 5) is 36.4. The number of nitrogens with one attached hydrogen (secondary N) is 2. The standard InChI is InChI=1S/C41H36ClF6N9O6S/c1-54-35-30(6-5-27(42)33(35)38(52-54)53-64(2,60)61)57-39(50-28-11-21(3-4-24(28)40(57)59)56-22-14-62-16-23(56)17-63-15-22)29(9-18-7-19(43)10-20(44)8-18)49-31(58)13-55-36-32(34(51-55)37(45)46)25-12-26(25)41(36,47)48/h3-8,10-11,22-23,25-26,29,37H,9,12-17H2,1-2H3,(H,49,58)(H,52,53)/t22?,23?,25-,26+,29-/m0/s1. The first-order valence-electron chi connectivity index (χ1n) is 20.0. The lowest BCUT2D eigenvalue weighted by Gasteiger charge is -2.46. The zero-order chi connectivity index (χ0) is 45.1. The van der Waals surface area contributed by atoms with Crippen LogP contribution in [0.3, 0.4) is 0 Å². The van der Waals surface area contributed by atoms with Gasteiger partial charge >= 0.3 is 0 Å². The minimum atomic E-state index is -3.91. The molecule has 3 aromatic carbocycles. The summed E-state index contributed by atoms with van der Waals surface area (Å²) >= 11 is 6.66. The Kier molecular flexibility index (Phi) is 10.0. The number of aromatic nitrogens is 6. The molecule has 0 unspecified atom stereocenters. The smallest absolute Gasteiger partial charge is 0.293 e. The van der Waals surface area contributed by atoms with E-state index >= 15 is 13.6 Å². The van der Waals surface area contributed by atoms with E-state index in [1.54, 1.807) is 18.2 Å². The Hall–Kier alpha value is -5.71. The summed E-state index contributed by atoms with van der Waals surface area (Å²) in [6.45, 7) is 0.492. The van der Waals surface area contributed by atoms with Crippen molar-refractivity contribution in [2.75, 3.05) is 42.3 Å². The molecule has 23 heteroatoms. The minimum Gasteiger partial charge on any atom is -0.377 e. The predicted molar refractivity (Wildman–Crippen MR) is 220 cm³/mol. The van der Waals surface area contributed by atoms with Crippen molar-refractivity contribution >= 4 is 60.8 Å². The number of aryl methyl sites for hydroxylation is 1. The van der Waals surface area contributed by atoms with E-state index in [-0.39, 0.29) is 73.8 Å². The Morgan fingerprint density at radius 1 is 1.00 bits per heavy atom. The maximum Gasteiger partial charge on any atom is 0.293 e. The second-order valence-corrected chi connectivity index (χ2v) is 18.7. The van der Waals surface area contributed by atoms with Gasteiger partial charge in [-0.15, -0.1) is 0 Å². The van der Waals surface area contributed by atoms with Crippen molar-refractivity contribution in [1.82, 2.24) is 34.4 Å². The van der Waals surface area contributed by atoms with Crippen molar-refractivity contribution in [3.8, 4) is 5.69 Å². The van der Waals surface area contributed by atoms with Gasteiger partial charge in [0.15, 0.2) is 5.82 Å². The molecule has 1 saturated carbocycles. The molecule has 3 atom stereocenters. The third kappa shape index (κ3) is 7.14. The van der Waals surface area contributed by atoms with Crippen LogP contribution in [0.2, 0.25) is 5.02 Å². The lowest BCUT2D eigenvalue weighted by atomic mass is 10.0. The van der Waals surface area contributed by atoms with Gasteiger partial charge in [0, 0.05) is 36.7 Å². The summed E-state index contributed by atoms with van der Waals surface area (Å²) in [6.07, 6.45) is -2.75. The van der Waals surface area contributed by atoms with Crippen molar-refractivity contribution in [1.29, 1.82) is 0 Å². The largest absolute Gasteiger partial charge is 0.377 e. The van der Waals surface area contributed by atoms with Crippen LogP contribution >= 0.6 is 11.6 Å². The van der Waals surface area contributed by atoms with Gasteiger partial charge < -0.3 is 19.7 Å². The average Bonchev–Trinajstić information content (AvgIpc) is 3.75. The number of sulfonamides is 1. The third-order valence-electron chi connectivity index (χ3n) is 12.1. The van der Waals surface area contributed by atoms with Crippen LogP contribution in [0, 0.1) is 17.6 Å². The van der Waals surface area contributed by atoms with Gasteiger partial charge in [0.05, 0.1) is 83.3 Å². The van der Waals surface area contributed by atoms with Gasteiger partial charge in [-0.1, -0.05) is 11.6 Å². The molecule has 6 aromatic rings. The molecule has 64 heavy (non-hydrogen) atoms. The van der Waals surface area contributed by atoms with E-state index in [0.717, 1.165) is 23.0 Å². The van der Waals surface area contributed by atoms with Crippen molar-refractivity contribution < 1.29 is 49.0 Å². The molecule has 1 amide bonds. The van der Waals surface area contributed by atoms with Gasteiger partial charge in [-0.3, -0.25) is 28.2 Å². The molecule has 4 aliphatic rings. The lowest BCUT2D eigenvalue weighted by Crippen LogP contribution is -2.59. The molecule has 2 bridgehead atoms. The molecule has 2 aliphatic heterocycles. The molecule has 2 aliphatic carbocycles. The topological polar surface area (TPSA) is 168 Å². The van der Waals surface area contributed by atoms with Crippen LogP contribution in [0.5, 0.6) is 0 Å². The number of morpholine rings is 2. The summed E-state index contributed by atoms with van der Waals surface area (Å²) in [5.41, 5.74) is -1.70. The fourth-order valence-electron chi connectivity index (χ4n) is 9.55. The van der Waals surface area contributed by atoms with Gasteiger partial charge in [0.2, 0.25) is 15.9 Å². The highest BCUT2D eigenvalue weighted by Gasteiger charge is 2.67. The summed E-state index contributed by atoms with van der Waals surface area (Å²) in [7, 11) is -2.45. The first-order valence-corrected chi connectivity index (χ1v) is 22.3. The van der Waals surface area contributed by atoms with Gasteiger partial charge in [0.1, 0.15) is 35.4 Å². The highest BCUT2D eigenvalue weighted by molar-refractivity contribution is 7.92. The molecule has 15 nitrogen and oxygen atoms in total. The third-order valence-corrected chi connectivity index (χ3v) is 13.0. The van der Waals surface area contributed by atoms with E-state index < -0.39 is 87.7 Å². The van der Waals surface area contributed by atoms with E-state index in [1.807, 2.05) is 0 Å². The first kappa shape index (κ1) is 42.3. The number of carbonyl (C=O) groups is 1. The number of anilines is 2. The highest BCUT2D eigenvalue weighted by Crippen LogP contribution is 2.68. The normalized spacial score (nSPS) is 21.6. The molecule has 0 radical (unpaired) electrons. The molecule has 10 rings (SSSR count). The molecule has 0 spiro atoms. The van der Waals surface area contributed by atoms with Crippen LogP contribution in [0.25, 0.3) is 27.5 Å². The minimum absolute atomic E-state index is 0.00216. The van der Waals surface area contributed by atoms with Crippen LogP contribution in [0.4, 0.5) is 37.8 Å². The maximum absolute atomic E-state index is 15.6. The number of amides is 1. The second kappa shape index (κ2) is 15.2. The maximum atomic E-state index is 15.6. The van der Waals surface area contributed by atoms with Crippen molar-refractivity contribution in [3.63, 3.8) is 0 Å². The van der Waals surface area contributed by atoms with Crippen molar-refractivity contribution in [2.24, 2.45) is 13.0 Å². The number of hydrogen-bond donors (Lipinski definition) is 2. The summed E-state index contributed by atoms with van der Waals surface area (Å²) in [5, 5.41) is 11.0. The Bertz CT molecular complexity index is 3070. The van der Waals surface area contributed by atoms with Crippen LogP contribution in [-0.4, -0.2) is 88.2 Å². The molecule has 2 N–H and O–H groups in total. The molecule has 5 heterocycles. The number of hydrogen-bond acceptors (Lipinski definition) is 10. The number of benzene rings is 3. The van der Waals surface area contributed by atoms with E-state index in [4.69, 9.17) is 26.1 Å². The number of nitrogens with zero attached hydrogens (tertiary/aromatic N) is 7. The van der Waals surface area contributed by atoms with E-state index in [2.05, 4.69) is 25.1 Å². The van der Waals surface area contributed by atoms with Gasteiger partial charge in [-0.05, 0) is 60.4 Å². The Balaban J connectivity index is 1.17. The zero-order valence-electron chi connectivity index (χ0n) is 33.7. The fourth-order valence-corrected chi connectivity index (χ4v) is 10.3. The summed E-state index contributed by atoms with van der Waals surface area (Å²) in [6, 6.07) is 8.57. The number of fused-ring (bicyclic) bond motifs is 7. The van der Waals surface area contributed by atoms with Gasteiger partial charge in [-0.2, -0.15) is 19.0 Å². The monoisotopic (exact) mass is 931 g/mol. The van der Waals surface area contributed by atoms with Gasteiger partial charge in [0.25, 0.3) is 17.9 Å². The average molecular weight is 932 g/mol. The molecular weight excluding hydrogens is 896 g/mol. The number of alkyl halides is 4.